The zero-order valence-electron chi connectivity index (χ0n) is 10.3. The van der Waals surface area contributed by atoms with Gasteiger partial charge in [0, 0.05) is 13.5 Å². The molecule has 16 heavy (non-hydrogen) atoms. The molecule has 1 N–H and O–H groups in total. The Morgan fingerprint density at radius 1 is 1.31 bits per heavy atom. The van der Waals surface area contributed by atoms with Gasteiger partial charge in [-0.2, -0.15) is 4.98 Å². The molecular weight excluding hydrogens is 202 g/mol. The Morgan fingerprint density at radius 2 is 2.06 bits per heavy atom. The molecular formula is C12H21N3O. The van der Waals surface area contributed by atoms with Crippen LogP contribution in [0.4, 0.5) is 0 Å². The van der Waals surface area contributed by atoms with Crippen molar-refractivity contribution in [3.8, 4) is 0 Å². The molecule has 2 rings (SSSR count). The molecule has 0 radical (unpaired) electrons. The van der Waals surface area contributed by atoms with Crippen molar-refractivity contribution >= 4 is 0 Å². The van der Waals surface area contributed by atoms with Crippen molar-refractivity contribution in [2.75, 3.05) is 6.54 Å². The van der Waals surface area contributed by atoms with Crippen LogP contribution in [0.25, 0.3) is 0 Å². The lowest BCUT2D eigenvalue weighted by Crippen LogP contribution is -2.33. The first-order chi connectivity index (χ1) is 7.68. The molecule has 90 valence electrons. The lowest BCUT2D eigenvalue weighted by Gasteiger charge is -2.33. The van der Waals surface area contributed by atoms with E-state index < -0.39 is 0 Å². The summed E-state index contributed by atoms with van der Waals surface area (Å²) in [6, 6.07) is 0. The molecule has 0 aliphatic heterocycles. The molecule has 1 aliphatic rings. The third kappa shape index (κ3) is 3.04. The number of aromatic nitrogens is 2. The third-order valence-corrected chi connectivity index (χ3v) is 3.47. The van der Waals surface area contributed by atoms with Gasteiger partial charge in [-0.3, -0.25) is 0 Å². The molecule has 0 atom stereocenters. The van der Waals surface area contributed by atoms with Gasteiger partial charge in [0.05, 0.1) is 6.54 Å². The number of nitrogens with one attached hydrogen (secondary N) is 1. The van der Waals surface area contributed by atoms with Crippen LogP contribution in [0.5, 0.6) is 0 Å². The van der Waals surface area contributed by atoms with E-state index in [1.54, 1.807) is 0 Å². The Bertz CT molecular complexity index is 329. The number of aryl methyl sites for hydroxylation is 1. The maximum atomic E-state index is 4.93. The van der Waals surface area contributed by atoms with E-state index in [0.717, 1.165) is 12.4 Å². The third-order valence-electron chi connectivity index (χ3n) is 3.47. The molecule has 0 saturated heterocycles. The summed E-state index contributed by atoms with van der Waals surface area (Å²) in [5.41, 5.74) is 0.469. The van der Waals surface area contributed by atoms with E-state index in [1.165, 1.54) is 32.1 Å². The second-order valence-corrected chi connectivity index (χ2v) is 5.20. The molecule has 1 heterocycles. The fourth-order valence-corrected chi connectivity index (χ4v) is 2.47. The van der Waals surface area contributed by atoms with E-state index in [-0.39, 0.29) is 0 Å². The van der Waals surface area contributed by atoms with Crippen LogP contribution >= 0.6 is 0 Å². The number of hydrogen-bond donors (Lipinski definition) is 1. The maximum Gasteiger partial charge on any atom is 0.223 e. The summed E-state index contributed by atoms with van der Waals surface area (Å²) in [5.74, 6) is 1.40. The highest BCUT2D eigenvalue weighted by molar-refractivity contribution is 4.85. The van der Waals surface area contributed by atoms with Crippen molar-refractivity contribution in [3.63, 3.8) is 0 Å². The largest absolute Gasteiger partial charge is 0.340 e. The number of rotatable bonds is 4. The predicted molar refractivity (Wildman–Crippen MR) is 61.9 cm³/mol. The molecule has 1 saturated carbocycles. The molecule has 0 aromatic carbocycles. The van der Waals surface area contributed by atoms with Crippen molar-refractivity contribution in [1.29, 1.82) is 0 Å². The van der Waals surface area contributed by atoms with Gasteiger partial charge in [-0.1, -0.05) is 31.3 Å². The van der Waals surface area contributed by atoms with Gasteiger partial charge in [0.25, 0.3) is 0 Å². The molecule has 0 spiro atoms. The highest BCUT2D eigenvalue weighted by atomic mass is 16.5. The summed E-state index contributed by atoms with van der Waals surface area (Å²) in [5, 5.41) is 7.31. The second kappa shape index (κ2) is 4.95. The highest BCUT2D eigenvalue weighted by Crippen LogP contribution is 2.34. The minimum absolute atomic E-state index is 0.469. The molecule has 4 nitrogen and oxygen atoms in total. The number of hydrogen-bond acceptors (Lipinski definition) is 4. The molecule has 4 heteroatoms. The zero-order chi connectivity index (χ0) is 11.4. The standard InChI is InChI=1S/C12H21N3O/c1-10-14-11(15-16-10)8-13-9-12(2)6-4-3-5-7-12/h13H,3-9H2,1-2H3. The normalized spacial score (nSPS) is 19.9. The van der Waals surface area contributed by atoms with Crippen LogP contribution in [-0.4, -0.2) is 16.7 Å². The zero-order valence-corrected chi connectivity index (χ0v) is 10.3. The van der Waals surface area contributed by atoms with E-state index in [4.69, 9.17) is 4.52 Å². The first-order valence-electron chi connectivity index (χ1n) is 6.18. The molecule has 0 unspecified atom stereocenters. The second-order valence-electron chi connectivity index (χ2n) is 5.20. The molecule has 1 aromatic rings. The van der Waals surface area contributed by atoms with Crippen LogP contribution < -0.4 is 5.32 Å². The van der Waals surface area contributed by atoms with Gasteiger partial charge in [0.15, 0.2) is 5.82 Å². The van der Waals surface area contributed by atoms with E-state index in [9.17, 15) is 0 Å². The van der Waals surface area contributed by atoms with Gasteiger partial charge in [0.2, 0.25) is 5.89 Å². The quantitative estimate of drug-likeness (QED) is 0.851. The maximum absolute atomic E-state index is 4.93. The Labute approximate surface area is 96.8 Å². The summed E-state index contributed by atoms with van der Waals surface area (Å²) in [6.45, 7) is 5.97. The average Bonchev–Trinajstić information content (AvgIpc) is 2.65. The van der Waals surface area contributed by atoms with E-state index in [1.807, 2.05) is 6.92 Å². The molecule has 1 aromatic heterocycles. The molecule has 1 aliphatic carbocycles. The van der Waals surface area contributed by atoms with Gasteiger partial charge in [-0.05, 0) is 18.3 Å². The van der Waals surface area contributed by atoms with Crippen LogP contribution in [0.1, 0.15) is 50.7 Å². The smallest absolute Gasteiger partial charge is 0.223 e. The van der Waals surface area contributed by atoms with E-state index in [2.05, 4.69) is 22.4 Å². The lowest BCUT2D eigenvalue weighted by atomic mass is 9.76. The molecule has 0 amide bonds. The van der Waals surface area contributed by atoms with Crippen molar-refractivity contribution in [1.82, 2.24) is 15.5 Å². The summed E-state index contributed by atoms with van der Waals surface area (Å²) >= 11 is 0. The van der Waals surface area contributed by atoms with Crippen LogP contribution in [-0.2, 0) is 6.54 Å². The summed E-state index contributed by atoms with van der Waals surface area (Å²) in [7, 11) is 0. The van der Waals surface area contributed by atoms with Crippen molar-refractivity contribution in [3.05, 3.63) is 11.7 Å². The summed E-state index contributed by atoms with van der Waals surface area (Å²) in [4.78, 5) is 4.18. The van der Waals surface area contributed by atoms with Gasteiger partial charge in [-0.15, -0.1) is 0 Å². The minimum Gasteiger partial charge on any atom is -0.340 e. The van der Waals surface area contributed by atoms with E-state index in [0.29, 0.717) is 17.9 Å². The Kier molecular flexibility index (Phi) is 3.59. The van der Waals surface area contributed by atoms with Crippen molar-refractivity contribution in [2.45, 2.75) is 52.5 Å². The van der Waals surface area contributed by atoms with Crippen molar-refractivity contribution < 1.29 is 4.52 Å². The van der Waals surface area contributed by atoms with Crippen LogP contribution in [0.3, 0.4) is 0 Å². The monoisotopic (exact) mass is 223 g/mol. The van der Waals surface area contributed by atoms with Gasteiger partial charge in [-0.25, -0.2) is 0 Å². The summed E-state index contributed by atoms with van der Waals surface area (Å²) in [6.07, 6.45) is 6.83. The fraction of sp³-hybridized carbons (Fsp3) is 0.833. The van der Waals surface area contributed by atoms with Gasteiger partial charge in [0.1, 0.15) is 0 Å². The van der Waals surface area contributed by atoms with Gasteiger partial charge < -0.3 is 9.84 Å². The highest BCUT2D eigenvalue weighted by Gasteiger charge is 2.26. The van der Waals surface area contributed by atoms with Gasteiger partial charge >= 0.3 is 0 Å². The molecule has 1 fully saturated rings. The van der Waals surface area contributed by atoms with Crippen LogP contribution in [0.2, 0.25) is 0 Å². The molecule has 0 bridgehead atoms. The average molecular weight is 223 g/mol. The first-order valence-corrected chi connectivity index (χ1v) is 6.18. The Morgan fingerprint density at radius 3 is 2.69 bits per heavy atom. The number of nitrogens with zero attached hydrogens (tertiary/aromatic N) is 2. The van der Waals surface area contributed by atoms with Crippen LogP contribution in [0, 0.1) is 12.3 Å². The minimum atomic E-state index is 0.469. The van der Waals surface area contributed by atoms with Crippen molar-refractivity contribution in [2.24, 2.45) is 5.41 Å². The van der Waals surface area contributed by atoms with Crippen LogP contribution in [0.15, 0.2) is 4.52 Å². The summed E-state index contributed by atoms with van der Waals surface area (Å²) < 4.78 is 4.93. The Hall–Kier alpha value is -0.900. The Balaban J connectivity index is 1.74. The predicted octanol–water partition coefficient (Wildman–Crippen LogP) is 2.44. The topological polar surface area (TPSA) is 51.0 Å². The lowest BCUT2D eigenvalue weighted by molar-refractivity contribution is 0.206. The SMILES string of the molecule is Cc1nc(CNCC2(C)CCCCC2)no1. The van der Waals surface area contributed by atoms with E-state index >= 15 is 0 Å². The fourth-order valence-electron chi connectivity index (χ4n) is 2.47. The first kappa shape index (κ1) is 11.6.